The van der Waals surface area contributed by atoms with Crippen LogP contribution in [0.5, 0.6) is 0 Å². The van der Waals surface area contributed by atoms with E-state index in [-0.39, 0.29) is 18.9 Å². The minimum atomic E-state index is -0.984. The molecule has 2 rings (SSSR count). The molecule has 0 spiro atoms. The van der Waals surface area contributed by atoms with Gasteiger partial charge in [-0.1, -0.05) is 36.4 Å². The van der Waals surface area contributed by atoms with Crippen LogP contribution in [0, 0.1) is 11.6 Å². The van der Waals surface area contributed by atoms with Gasteiger partial charge in [0, 0.05) is 0 Å². The average Bonchev–Trinajstić information content (AvgIpc) is 2.49. The number of nitrogens with one attached hydrogen (secondary N) is 1. The fraction of sp³-hybridized carbons (Fsp3) is 0.188. The van der Waals surface area contributed by atoms with Gasteiger partial charge in [0.15, 0.2) is 11.6 Å². The lowest BCUT2D eigenvalue weighted by Crippen LogP contribution is -2.31. The highest BCUT2D eigenvalue weighted by molar-refractivity contribution is 5.79. The quantitative estimate of drug-likeness (QED) is 0.888. The summed E-state index contributed by atoms with van der Waals surface area (Å²) in [5, 5.41) is 12.0. The van der Waals surface area contributed by atoms with E-state index in [2.05, 4.69) is 5.32 Å². The minimum Gasteiger partial charge on any atom is -0.394 e. The molecule has 3 nitrogen and oxygen atoms in total. The van der Waals surface area contributed by atoms with Crippen molar-refractivity contribution < 1.29 is 18.7 Å². The van der Waals surface area contributed by atoms with Crippen molar-refractivity contribution in [1.29, 1.82) is 0 Å². The lowest BCUT2D eigenvalue weighted by molar-refractivity contribution is -0.121. The second-order valence-electron chi connectivity index (χ2n) is 4.64. The van der Waals surface area contributed by atoms with E-state index in [1.165, 1.54) is 6.07 Å². The molecule has 0 radical (unpaired) electrons. The Labute approximate surface area is 121 Å². The summed E-state index contributed by atoms with van der Waals surface area (Å²) in [6.07, 6.45) is -0.0828. The Balaban J connectivity index is 2.01. The first kappa shape index (κ1) is 15.1. The summed E-state index contributed by atoms with van der Waals surface area (Å²) in [6, 6.07) is 11.8. The SMILES string of the molecule is O=C(Cc1ccc(F)c(F)c1)N[C@H](CO)c1ccccc1. The Morgan fingerprint density at radius 1 is 1.10 bits per heavy atom. The third-order valence-electron chi connectivity index (χ3n) is 3.07. The Morgan fingerprint density at radius 3 is 2.43 bits per heavy atom. The molecule has 21 heavy (non-hydrogen) atoms. The normalized spacial score (nSPS) is 12.0. The number of aliphatic hydroxyl groups is 1. The van der Waals surface area contributed by atoms with Gasteiger partial charge in [-0.2, -0.15) is 0 Å². The van der Waals surface area contributed by atoms with Gasteiger partial charge < -0.3 is 10.4 Å². The predicted octanol–water partition coefficient (Wildman–Crippen LogP) is 2.36. The van der Waals surface area contributed by atoms with Gasteiger partial charge in [0.25, 0.3) is 0 Å². The van der Waals surface area contributed by atoms with E-state index in [9.17, 15) is 18.7 Å². The zero-order valence-corrected chi connectivity index (χ0v) is 11.2. The van der Waals surface area contributed by atoms with Gasteiger partial charge in [0.1, 0.15) is 0 Å². The van der Waals surface area contributed by atoms with E-state index >= 15 is 0 Å². The number of amides is 1. The largest absolute Gasteiger partial charge is 0.394 e. The van der Waals surface area contributed by atoms with E-state index in [0.29, 0.717) is 5.56 Å². The number of carbonyl (C=O) groups excluding carboxylic acids is 1. The summed E-state index contributed by atoms with van der Waals surface area (Å²) in [7, 11) is 0. The Morgan fingerprint density at radius 2 is 1.81 bits per heavy atom. The highest BCUT2D eigenvalue weighted by atomic mass is 19.2. The summed E-state index contributed by atoms with van der Waals surface area (Å²) in [5.74, 6) is -2.30. The molecule has 1 amide bonds. The highest BCUT2D eigenvalue weighted by Crippen LogP contribution is 2.13. The molecular weight excluding hydrogens is 276 g/mol. The van der Waals surface area contributed by atoms with Gasteiger partial charge in [0.05, 0.1) is 19.1 Å². The maximum absolute atomic E-state index is 13.1. The lowest BCUT2D eigenvalue weighted by atomic mass is 10.1. The van der Waals surface area contributed by atoms with E-state index in [0.717, 1.165) is 17.7 Å². The molecule has 0 saturated carbocycles. The monoisotopic (exact) mass is 291 g/mol. The highest BCUT2D eigenvalue weighted by Gasteiger charge is 2.14. The van der Waals surface area contributed by atoms with Gasteiger partial charge in [-0.15, -0.1) is 0 Å². The molecule has 2 aromatic carbocycles. The van der Waals surface area contributed by atoms with Crippen LogP contribution in [0.2, 0.25) is 0 Å². The van der Waals surface area contributed by atoms with Crippen LogP contribution in [-0.2, 0) is 11.2 Å². The van der Waals surface area contributed by atoms with Crippen molar-refractivity contribution in [3.05, 3.63) is 71.3 Å². The standard InChI is InChI=1S/C16H15F2NO2/c17-13-7-6-11(8-14(13)18)9-16(21)19-15(10-20)12-4-2-1-3-5-12/h1-8,15,20H,9-10H2,(H,19,21)/t15-/m1/s1. The third kappa shape index (κ3) is 4.10. The van der Waals surface area contributed by atoms with E-state index in [1.54, 1.807) is 24.3 Å². The topological polar surface area (TPSA) is 49.3 Å². The lowest BCUT2D eigenvalue weighted by Gasteiger charge is -2.16. The number of carbonyl (C=O) groups is 1. The van der Waals surface area contributed by atoms with E-state index in [4.69, 9.17) is 0 Å². The fourth-order valence-corrected chi connectivity index (χ4v) is 2.00. The second-order valence-corrected chi connectivity index (χ2v) is 4.64. The van der Waals surface area contributed by atoms with Crippen molar-refractivity contribution in [3.63, 3.8) is 0 Å². The van der Waals surface area contributed by atoms with Crippen molar-refractivity contribution in [2.75, 3.05) is 6.61 Å². The number of hydrogen-bond acceptors (Lipinski definition) is 2. The third-order valence-corrected chi connectivity index (χ3v) is 3.07. The van der Waals surface area contributed by atoms with Crippen molar-refractivity contribution in [2.45, 2.75) is 12.5 Å². The van der Waals surface area contributed by atoms with Crippen LogP contribution in [0.3, 0.4) is 0 Å². The first-order valence-electron chi connectivity index (χ1n) is 6.49. The number of benzene rings is 2. The zero-order chi connectivity index (χ0) is 15.2. The van der Waals surface area contributed by atoms with Crippen molar-refractivity contribution >= 4 is 5.91 Å². The molecule has 2 N–H and O–H groups in total. The Bertz CT molecular complexity index is 617. The minimum absolute atomic E-state index is 0.0828. The molecule has 5 heteroatoms. The molecule has 0 heterocycles. The molecule has 2 aromatic rings. The van der Waals surface area contributed by atoms with Crippen LogP contribution in [0.25, 0.3) is 0 Å². The predicted molar refractivity (Wildman–Crippen MR) is 74.5 cm³/mol. The molecule has 110 valence electrons. The Kier molecular flexibility index (Phi) is 5.00. The molecule has 0 fully saturated rings. The Hall–Kier alpha value is -2.27. The first-order valence-corrected chi connectivity index (χ1v) is 6.49. The summed E-state index contributed by atoms with van der Waals surface area (Å²) in [6.45, 7) is -0.243. The molecular formula is C16H15F2NO2. The van der Waals surface area contributed by atoms with Gasteiger partial charge in [-0.3, -0.25) is 4.79 Å². The maximum Gasteiger partial charge on any atom is 0.224 e. The molecule has 0 unspecified atom stereocenters. The van der Waals surface area contributed by atoms with E-state index in [1.807, 2.05) is 6.07 Å². The van der Waals surface area contributed by atoms with Gasteiger partial charge in [-0.05, 0) is 23.3 Å². The molecule has 0 aliphatic carbocycles. The zero-order valence-electron chi connectivity index (χ0n) is 11.2. The number of hydrogen-bond donors (Lipinski definition) is 2. The molecule has 0 bridgehead atoms. The summed E-state index contributed by atoms with van der Waals surface area (Å²) in [4.78, 5) is 11.9. The molecule has 0 aromatic heterocycles. The number of aliphatic hydroxyl groups excluding tert-OH is 1. The first-order chi connectivity index (χ1) is 10.1. The average molecular weight is 291 g/mol. The van der Waals surface area contributed by atoms with Crippen LogP contribution in [0.4, 0.5) is 8.78 Å². The molecule has 0 saturated heterocycles. The second kappa shape index (κ2) is 6.95. The fourth-order valence-electron chi connectivity index (χ4n) is 2.00. The van der Waals surface area contributed by atoms with Crippen LogP contribution in [-0.4, -0.2) is 17.6 Å². The van der Waals surface area contributed by atoms with Gasteiger partial charge >= 0.3 is 0 Å². The van der Waals surface area contributed by atoms with Gasteiger partial charge in [0.2, 0.25) is 5.91 Å². The molecule has 0 aliphatic heterocycles. The number of rotatable bonds is 5. The summed E-state index contributed by atoms with van der Waals surface area (Å²) < 4.78 is 25.9. The molecule has 1 atom stereocenters. The van der Waals surface area contributed by atoms with Crippen LogP contribution in [0.1, 0.15) is 17.2 Å². The van der Waals surface area contributed by atoms with Crippen molar-refractivity contribution in [3.8, 4) is 0 Å². The van der Waals surface area contributed by atoms with Crippen LogP contribution < -0.4 is 5.32 Å². The van der Waals surface area contributed by atoms with Gasteiger partial charge in [-0.25, -0.2) is 8.78 Å². The molecule has 0 aliphatic rings. The smallest absolute Gasteiger partial charge is 0.224 e. The van der Waals surface area contributed by atoms with Crippen molar-refractivity contribution in [2.24, 2.45) is 0 Å². The number of halogens is 2. The van der Waals surface area contributed by atoms with E-state index < -0.39 is 17.7 Å². The van der Waals surface area contributed by atoms with Crippen molar-refractivity contribution in [1.82, 2.24) is 5.32 Å². The van der Waals surface area contributed by atoms with Crippen LogP contribution in [0.15, 0.2) is 48.5 Å². The summed E-state index contributed by atoms with van der Waals surface area (Å²) in [5.41, 5.74) is 1.15. The maximum atomic E-state index is 13.1. The summed E-state index contributed by atoms with van der Waals surface area (Å²) >= 11 is 0. The van der Waals surface area contributed by atoms with Crippen LogP contribution >= 0.6 is 0 Å².